The Morgan fingerprint density at radius 1 is 0.354 bits per heavy atom. The van der Waals surface area contributed by atoms with Gasteiger partial charge in [0.25, 0.3) is 0 Å². The first-order valence-corrected chi connectivity index (χ1v) is 38.1. The number of unbranched alkanes of at least 4 members (excludes halogenated alkanes) is 25. The van der Waals surface area contributed by atoms with Crippen molar-refractivity contribution in [3.63, 3.8) is 0 Å². The third-order valence-electron chi connectivity index (χ3n) is 18.3. The van der Waals surface area contributed by atoms with Crippen molar-refractivity contribution in [2.24, 2.45) is 11.8 Å². The van der Waals surface area contributed by atoms with Gasteiger partial charge < -0.3 is 84.6 Å². The second-order valence-electron chi connectivity index (χ2n) is 27.8. The summed E-state index contributed by atoms with van der Waals surface area (Å²) in [5.74, 6) is -0.551. The van der Waals surface area contributed by atoms with Crippen molar-refractivity contribution in [1.82, 2.24) is 39.5 Å². The molecule has 1 atom stereocenters. The standard InChI is InChI=1S/C64H138B6N8O10.C4H6O3.H2O/c1-60(59-88-61(2)79)43-40-46-64(81)72-47-34-30-27-25-23-21-19-17-15-13-11-12-14-16-18-20-22-24-26-28-33-45-63(80)71-48-35-31-29-32-44-62(57-77(69(7)86)53-38-36-51-75(67(5)84)55-41-49-73(9)65(3)82)58-78(70(8)87)54-39-37-52-76(68(6)85)56-42-50-74(10)66(4)83;1-3(5)7-4(2)6;/h60,62,82-87H,11-59H2,1-10H3,(H,71,80)(H,72,81);1-2H3;1H2/t60-;;/m0../s1. The second-order valence-corrected chi connectivity index (χ2v) is 27.8. The van der Waals surface area contributed by atoms with Gasteiger partial charge in [-0.25, -0.2) is 0 Å². The van der Waals surface area contributed by atoms with E-state index in [-0.39, 0.29) is 35.1 Å². The average molecular weight is 1360 g/mol. The summed E-state index contributed by atoms with van der Waals surface area (Å²) in [5, 5.41) is 69.0. The monoisotopic (exact) mass is 1370 g/mol. The molecule has 0 aromatic rings. The Morgan fingerprint density at radius 2 is 0.646 bits per heavy atom. The van der Waals surface area contributed by atoms with Gasteiger partial charge in [-0.05, 0) is 209 Å². The van der Waals surface area contributed by atoms with Crippen molar-refractivity contribution in [1.29, 1.82) is 0 Å². The molecule has 0 aromatic carbocycles. The van der Waals surface area contributed by atoms with Crippen LogP contribution in [0, 0.1) is 11.8 Å². The number of esters is 3. The van der Waals surface area contributed by atoms with Gasteiger partial charge in [0.1, 0.15) is 0 Å². The predicted molar refractivity (Wildman–Crippen MR) is 402 cm³/mol. The molecule has 0 heterocycles. The maximum atomic E-state index is 12.7. The summed E-state index contributed by atoms with van der Waals surface area (Å²) in [7, 11) is 0.424. The van der Waals surface area contributed by atoms with Gasteiger partial charge in [0, 0.05) is 46.7 Å². The highest BCUT2D eigenvalue weighted by Crippen LogP contribution is 2.20. The molecule has 0 radical (unpaired) electrons. The van der Waals surface area contributed by atoms with Gasteiger partial charge in [0.2, 0.25) is 11.8 Å². The molecule has 0 fully saturated rings. The molecule has 0 unspecified atom stereocenters. The molecular formula is C68H146B6N8O14. The van der Waals surface area contributed by atoms with E-state index in [0.717, 1.165) is 162 Å². The lowest BCUT2D eigenvalue weighted by atomic mass is 9.80. The van der Waals surface area contributed by atoms with E-state index in [1.807, 2.05) is 44.3 Å². The third-order valence-corrected chi connectivity index (χ3v) is 18.3. The van der Waals surface area contributed by atoms with Crippen LogP contribution in [0.15, 0.2) is 0 Å². The summed E-state index contributed by atoms with van der Waals surface area (Å²) in [5.41, 5.74) is 0. The first-order valence-electron chi connectivity index (χ1n) is 38.1. The highest BCUT2D eigenvalue weighted by Gasteiger charge is 2.26. The van der Waals surface area contributed by atoms with E-state index in [2.05, 4.69) is 34.6 Å². The Hall–Kier alpha value is -2.58. The van der Waals surface area contributed by atoms with Crippen LogP contribution in [0.1, 0.15) is 259 Å². The van der Waals surface area contributed by atoms with Gasteiger partial charge in [-0.15, -0.1) is 0 Å². The van der Waals surface area contributed by atoms with Crippen LogP contribution >= 0.6 is 0 Å². The number of ether oxygens (including phenoxy) is 2. The Kier molecular flexibility index (Phi) is 68.1. The highest BCUT2D eigenvalue weighted by atomic mass is 16.6. The lowest BCUT2D eigenvalue weighted by Gasteiger charge is -2.33. The molecule has 0 aromatic heterocycles. The topological polar surface area (TPSA) is 300 Å². The summed E-state index contributed by atoms with van der Waals surface area (Å²) in [6, 6.07) is 0. The van der Waals surface area contributed by atoms with Crippen LogP contribution in [0.25, 0.3) is 0 Å². The van der Waals surface area contributed by atoms with Gasteiger partial charge in [-0.1, -0.05) is 148 Å². The molecule has 0 aliphatic rings. The normalized spacial score (nSPS) is 11.7. The van der Waals surface area contributed by atoms with Crippen LogP contribution in [0.4, 0.5) is 0 Å². The molecule has 560 valence electrons. The molecule has 96 heavy (non-hydrogen) atoms. The first kappa shape index (κ1) is 97.6. The number of nitrogens with one attached hydrogen (secondary N) is 2. The SMILES string of the molecule is CB(O)N(C)CCCN(CCCCN(CC(CCCCCCNC(=O)CCCCCCCCCCCCCCCCCCCCCCCNC(=O)CCC[C@H](C)COC(C)=O)CN(CCCCN(CCCN(C)B(C)O)B(C)O)B(C)O)B(C)O)B(C)O.CC(=O)OC(C)=O.O. The molecule has 10 N–H and O–H groups in total. The summed E-state index contributed by atoms with van der Waals surface area (Å²) >= 11 is 0. The van der Waals surface area contributed by atoms with Crippen LogP contribution in [0.3, 0.4) is 0 Å². The van der Waals surface area contributed by atoms with Crippen molar-refractivity contribution in [3.8, 4) is 0 Å². The van der Waals surface area contributed by atoms with Crippen LogP contribution in [0.2, 0.25) is 40.9 Å². The summed E-state index contributed by atoms with van der Waals surface area (Å²) in [4.78, 5) is 67.6. The van der Waals surface area contributed by atoms with Crippen molar-refractivity contribution in [2.45, 2.75) is 300 Å². The maximum Gasteiger partial charge on any atom is 0.376 e. The highest BCUT2D eigenvalue weighted by molar-refractivity contribution is 6.46. The number of carbonyl (C=O) groups excluding carboxylic acids is 5. The van der Waals surface area contributed by atoms with Gasteiger partial charge >= 0.3 is 60.2 Å². The smallest absolute Gasteiger partial charge is 0.376 e. The van der Waals surface area contributed by atoms with Crippen molar-refractivity contribution < 1.29 is 69.1 Å². The summed E-state index contributed by atoms with van der Waals surface area (Å²) < 4.78 is 9.01. The molecule has 0 aliphatic carbocycles. The number of amides is 2. The molecular weight excluding hydrogens is 1220 g/mol. The Bertz CT molecular complexity index is 1770. The van der Waals surface area contributed by atoms with Gasteiger partial charge in [0.15, 0.2) is 0 Å². The zero-order valence-electron chi connectivity index (χ0n) is 63.5. The fourth-order valence-electron chi connectivity index (χ4n) is 11.9. The molecule has 2 amide bonds. The van der Waals surface area contributed by atoms with E-state index < -0.39 is 54.2 Å². The number of rotatable bonds is 65. The number of hydrogen-bond acceptors (Lipinski definition) is 19. The zero-order valence-corrected chi connectivity index (χ0v) is 63.5. The minimum Gasteiger partial charge on any atom is -0.466 e. The van der Waals surface area contributed by atoms with Crippen molar-refractivity contribution in [3.05, 3.63) is 0 Å². The van der Waals surface area contributed by atoms with Gasteiger partial charge in [-0.2, -0.15) is 0 Å². The fraction of sp³-hybridized carbons (Fsp3) is 0.926. The number of nitrogens with zero attached hydrogens (tertiary/aromatic N) is 6. The third kappa shape index (κ3) is 64.8. The van der Waals surface area contributed by atoms with Gasteiger partial charge in [0.05, 0.1) is 6.61 Å². The largest absolute Gasteiger partial charge is 0.466 e. The number of carbonyl (C=O) groups is 5. The van der Waals surface area contributed by atoms with E-state index in [1.165, 1.54) is 136 Å². The van der Waals surface area contributed by atoms with E-state index in [0.29, 0.717) is 39.1 Å². The maximum absolute atomic E-state index is 12.7. The zero-order chi connectivity index (χ0) is 71.4. The van der Waals surface area contributed by atoms with Crippen molar-refractivity contribution >= 4 is 72.0 Å². The second kappa shape index (κ2) is 66.9. The molecule has 0 rings (SSSR count). The Labute approximate surface area is 588 Å². The Balaban J connectivity index is -0.0000102. The lowest BCUT2D eigenvalue weighted by Crippen LogP contribution is -2.47. The summed E-state index contributed by atoms with van der Waals surface area (Å²) in [6.45, 7) is 25.9. The van der Waals surface area contributed by atoms with E-state index >= 15 is 0 Å². The molecule has 0 saturated carbocycles. The summed E-state index contributed by atoms with van der Waals surface area (Å²) in [6.07, 6.45) is 40.1. The fourth-order valence-corrected chi connectivity index (χ4v) is 11.9. The molecule has 22 nitrogen and oxygen atoms in total. The average Bonchev–Trinajstić information content (AvgIpc) is 1.09. The minimum atomic E-state index is -0.621. The number of hydrogen-bond donors (Lipinski definition) is 8. The first-order chi connectivity index (χ1) is 45.3. The quantitative estimate of drug-likeness (QED) is 0.0122. The van der Waals surface area contributed by atoms with Crippen molar-refractivity contribution in [2.75, 3.05) is 99.2 Å². The Morgan fingerprint density at radius 3 is 0.948 bits per heavy atom. The van der Waals surface area contributed by atoms with Gasteiger partial charge in [-0.3, -0.25) is 24.0 Å². The van der Waals surface area contributed by atoms with E-state index in [4.69, 9.17) is 4.74 Å². The predicted octanol–water partition coefficient (Wildman–Crippen LogP) is 9.08. The molecule has 28 heteroatoms. The van der Waals surface area contributed by atoms with Crippen LogP contribution in [0.5, 0.6) is 0 Å². The van der Waals surface area contributed by atoms with E-state index in [1.54, 1.807) is 27.3 Å². The molecule has 0 saturated heterocycles. The van der Waals surface area contributed by atoms with Crippen LogP contribution < -0.4 is 10.6 Å². The molecule has 0 aliphatic heterocycles. The molecule has 0 spiro atoms. The van der Waals surface area contributed by atoms with E-state index in [9.17, 15) is 54.1 Å². The van der Waals surface area contributed by atoms with Crippen LogP contribution in [-0.4, -0.2) is 236 Å². The lowest BCUT2D eigenvalue weighted by molar-refractivity contribution is -0.156. The molecule has 0 bridgehead atoms. The minimum absolute atomic E-state index is 0. The van der Waals surface area contributed by atoms with Crippen LogP contribution in [-0.2, 0) is 33.4 Å².